The smallest absolute Gasteiger partial charge is 0.0540 e. The fraction of sp³-hybridized carbons (Fsp3) is 0.571. The molecule has 52 valence electrons. The summed E-state index contributed by atoms with van der Waals surface area (Å²) in [4.78, 5) is 0. The van der Waals surface area contributed by atoms with E-state index in [1.54, 1.807) is 0 Å². The van der Waals surface area contributed by atoms with Crippen LogP contribution < -0.4 is 0 Å². The second-order valence-corrected chi connectivity index (χ2v) is 2.21. The normalized spacial score (nSPS) is 8.00. The fourth-order valence-electron chi connectivity index (χ4n) is 0.342. The van der Waals surface area contributed by atoms with E-state index in [2.05, 4.69) is 16.7 Å². The summed E-state index contributed by atoms with van der Waals surface area (Å²) in [6.45, 7) is 8.09. The minimum atomic E-state index is 1.16. The highest BCUT2D eigenvalue weighted by Gasteiger charge is 1.88. The minimum absolute atomic E-state index is 1.16. The van der Waals surface area contributed by atoms with Crippen LogP contribution in [-0.2, 0) is 0 Å². The number of hydrogen-bond acceptors (Lipinski definition) is 2. The predicted molar refractivity (Wildman–Crippen MR) is 42.9 cm³/mol. The predicted octanol–water partition coefficient (Wildman–Crippen LogP) is 2.79. The topological polar surface area (TPSA) is 12.9 Å². The number of hydrogen-bond donors (Lipinski definition) is 0. The van der Waals surface area contributed by atoms with Crippen molar-refractivity contribution in [2.45, 2.75) is 27.7 Å². The third-order valence-corrected chi connectivity index (χ3v) is 1.83. The Balaban J connectivity index is 0.000000291. The van der Waals surface area contributed by atoms with E-state index in [0.29, 0.717) is 0 Å². The van der Waals surface area contributed by atoms with Crippen LogP contribution in [0.4, 0.5) is 0 Å². The maximum atomic E-state index is 4.06. The van der Waals surface area contributed by atoms with Gasteiger partial charge >= 0.3 is 0 Å². The lowest BCUT2D eigenvalue weighted by molar-refractivity contribution is 1.28. The molecular weight excluding hydrogens is 130 g/mol. The van der Waals surface area contributed by atoms with Gasteiger partial charge in [0.05, 0.1) is 5.69 Å². The zero-order valence-corrected chi connectivity index (χ0v) is 7.25. The van der Waals surface area contributed by atoms with Crippen molar-refractivity contribution in [1.29, 1.82) is 0 Å². The van der Waals surface area contributed by atoms with E-state index < -0.39 is 0 Å². The first-order chi connectivity index (χ1) is 4.30. The summed E-state index contributed by atoms with van der Waals surface area (Å²) >= 11 is 1.52. The molecule has 0 atom stereocenters. The van der Waals surface area contributed by atoms with E-state index in [1.807, 2.05) is 20.8 Å². The first-order valence-electron chi connectivity index (χ1n) is 3.18. The van der Waals surface area contributed by atoms with Crippen molar-refractivity contribution in [3.63, 3.8) is 0 Å². The summed E-state index contributed by atoms with van der Waals surface area (Å²) < 4.78 is 4.06. The molecule has 0 radical (unpaired) electrons. The molecule has 0 aliphatic heterocycles. The number of aryl methyl sites for hydroxylation is 2. The molecule has 0 saturated carbocycles. The molecule has 1 aromatic heterocycles. The first kappa shape index (κ1) is 8.63. The molecular formula is C7H13NS. The van der Waals surface area contributed by atoms with Gasteiger partial charge in [-0.25, -0.2) is 0 Å². The van der Waals surface area contributed by atoms with E-state index in [-0.39, 0.29) is 0 Å². The van der Waals surface area contributed by atoms with Crippen molar-refractivity contribution in [1.82, 2.24) is 4.37 Å². The Morgan fingerprint density at radius 2 is 1.89 bits per heavy atom. The summed E-state index contributed by atoms with van der Waals surface area (Å²) in [7, 11) is 0. The van der Waals surface area contributed by atoms with Crippen molar-refractivity contribution in [3.8, 4) is 0 Å². The van der Waals surface area contributed by atoms with Crippen molar-refractivity contribution in [2.75, 3.05) is 0 Å². The molecule has 2 heteroatoms. The summed E-state index contributed by atoms with van der Waals surface area (Å²) in [5.41, 5.74) is 2.45. The van der Waals surface area contributed by atoms with Gasteiger partial charge in [-0.1, -0.05) is 13.8 Å². The Kier molecular flexibility index (Phi) is 4.32. The number of nitrogens with zero attached hydrogens (tertiary/aromatic N) is 1. The molecule has 1 nitrogen and oxygen atoms in total. The van der Waals surface area contributed by atoms with Crippen LogP contribution in [0, 0.1) is 13.8 Å². The van der Waals surface area contributed by atoms with Crippen LogP contribution in [0.5, 0.6) is 0 Å². The van der Waals surface area contributed by atoms with Gasteiger partial charge in [-0.2, -0.15) is 4.37 Å². The van der Waals surface area contributed by atoms with Crippen molar-refractivity contribution in [2.24, 2.45) is 0 Å². The van der Waals surface area contributed by atoms with Crippen LogP contribution in [0.1, 0.15) is 25.1 Å². The third-order valence-electron chi connectivity index (χ3n) is 0.990. The summed E-state index contributed by atoms with van der Waals surface area (Å²) in [6, 6.07) is 0. The average molecular weight is 143 g/mol. The summed E-state index contributed by atoms with van der Waals surface area (Å²) in [6.07, 6.45) is 0. The molecule has 0 bridgehead atoms. The molecule has 0 amide bonds. The zero-order chi connectivity index (χ0) is 7.28. The molecule has 0 fully saturated rings. The standard InChI is InChI=1S/C5H7NS.C2H6/c1-4-3-7-6-5(4)2;1-2/h3H,1-2H3;1-2H3. The summed E-state index contributed by atoms with van der Waals surface area (Å²) in [5.74, 6) is 0. The van der Waals surface area contributed by atoms with Crippen LogP contribution >= 0.6 is 11.5 Å². The van der Waals surface area contributed by atoms with Crippen LogP contribution in [-0.4, -0.2) is 4.37 Å². The zero-order valence-electron chi connectivity index (χ0n) is 6.43. The van der Waals surface area contributed by atoms with Gasteiger partial charge < -0.3 is 0 Å². The molecule has 1 rings (SSSR count). The Morgan fingerprint density at radius 1 is 1.33 bits per heavy atom. The van der Waals surface area contributed by atoms with Crippen LogP contribution in [0.2, 0.25) is 0 Å². The largest absolute Gasteiger partial charge is 0.198 e. The molecule has 0 spiro atoms. The Labute approximate surface area is 60.9 Å². The minimum Gasteiger partial charge on any atom is -0.198 e. The highest BCUT2D eigenvalue weighted by atomic mass is 32.1. The van der Waals surface area contributed by atoms with E-state index in [0.717, 1.165) is 5.69 Å². The molecule has 0 aliphatic carbocycles. The molecule has 1 aromatic rings. The van der Waals surface area contributed by atoms with Gasteiger partial charge in [0.25, 0.3) is 0 Å². The van der Waals surface area contributed by atoms with Crippen LogP contribution in [0.15, 0.2) is 5.38 Å². The lowest BCUT2D eigenvalue weighted by atomic mass is 10.3. The van der Waals surface area contributed by atoms with Gasteiger partial charge in [0.15, 0.2) is 0 Å². The second kappa shape index (κ2) is 4.50. The molecule has 0 aliphatic rings. The molecule has 0 unspecified atom stereocenters. The molecule has 1 heterocycles. The van der Waals surface area contributed by atoms with Crippen molar-refractivity contribution < 1.29 is 0 Å². The lowest BCUT2D eigenvalue weighted by Crippen LogP contribution is -1.68. The maximum absolute atomic E-state index is 4.06. The maximum Gasteiger partial charge on any atom is 0.0540 e. The Bertz CT molecular complexity index is 141. The van der Waals surface area contributed by atoms with Gasteiger partial charge in [0.2, 0.25) is 0 Å². The van der Waals surface area contributed by atoms with Crippen molar-refractivity contribution in [3.05, 3.63) is 16.6 Å². The van der Waals surface area contributed by atoms with Crippen LogP contribution in [0.3, 0.4) is 0 Å². The summed E-state index contributed by atoms with van der Waals surface area (Å²) in [5, 5.41) is 2.05. The number of rotatable bonds is 0. The van der Waals surface area contributed by atoms with E-state index >= 15 is 0 Å². The van der Waals surface area contributed by atoms with Gasteiger partial charge in [-0.15, -0.1) is 0 Å². The second-order valence-electron chi connectivity index (χ2n) is 1.58. The lowest BCUT2D eigenvalue weighted by Gasteiger charge is -1.77. The fourth-order valence-corrected chi connectivity index (χ4v) is 1.03. The monoisotopic (exact) mass is 143 g/mol. The van der Waals surface area contributed by atoms with Crippen LogP contribution in [0.25, 0.3) is 0 Å². The molecule has 0 aromatic carbocycles. The van der Waals surface area contributed by atoms with E-state index in [4.69, 9.17) is 0 Å². The molecule has 0 N–H and O–H groups in total. The number of aromatic nitrogens is 1. The van der Waals surface area contributed by atoms with Gasteiger partial charge in [0.1, 0.15) is 0 Å². The quantitative estimate of drug-likeness (QED) is 0.544. The van der Waals surface area contributed by atoms with Gasteiger partial charge in [0, 0.05) is 5.38 Å². The molecule has 0 saturated heterocycles. The Hall–Kier alpha value is -0.370. The Morgan fingerprint density at radius 3 is 2.00 bits per heavy atom. The van der Waals surface area contributed by atoms with Gasteiger partial charge in [-0.3, -0.25) is 0 Å². The highest BCUT2D eigenvalue weighted by Crippen LogP contribution is 2.05. The van der Waals surface area contributed by atoms with Crippen molar-refractivity contribution >= 4 is 11.5 Å². The third kappa shape index (κ3) is 2.61. The molecule has 9 heavy (non-hydrogen) atoms. The van der Waals surface area contributed by atoms with Gasteiger partial charge in [-0.05, 0) is 30.9 Å². The SMILES string of the molecule is CC.Cc1csnc1C. The van der Waals surface area contributed by atoms with E-state index in [1.165, 1.54) is 17.1 Å². The van der Waals surface area contributed by atoms with E-state index in [9.17, 15) is 0 Å². The average Bonchev–Trinajstić information content (AvgIpc) is 2.23. The first-order valence-corrected chi connectivity index (χ1v) is 4.02. The highest BCUT2D eigenvalue weighted by molar-refractivity contribution is 7.03.